The number of amides is 2. The predicted molar refractivity (Wildman–Crippen MR) is 124 cm³/mol. The summed E-state index contributed by atoms with van der Waals surface area (Å²) >= 11 is 10.9. The first-order chi connectivity index (χ1) is 14.5. The van der Waals surface area contributed by atoms with Crippen molar-refractivity contribution in [3.63, 3.8) is 0 Å². The third-order valence-corrected chi connectivity index (χ3v) is 4.59. The zero-order valence-corrected chi connectivity index (χ0v) is 19.4. The summed E-state index contributed by atoms with van der Waals surface area (Å²) in [7, 11) is 0. The van der Waals surface area contributed by atoms with Crippen LogP contribution in [-0.2, 0) is 15.0 Å². The molecule has 3 N–H and O–H groups in total. The highest BCUT2D eigenvalue weighted by Crippen LogP contribution is 2.24. The molecule has 0 aliphatic heterocycles. The summed E-state index contributed by atoms with van der Waals surface area (Å²) in [6.45, 7) is 7.72. The molecular weight excluding hydrogens is 438 g/mol. The second-order valence-electron chi connectivity index (χ2n) is 7.81. The number of nitrogens with one attached hydrogen (secondary N) is 3. The molecule has 0 aromatic heterocycles. The molecule has 0 heterocycles. The van der Waals surface area contributed by atoms with Gasteiger partial charge in [0, 0.05) is 5.02 Å². The summed E-state index contributed by atoms with van der Waals surface area (Å²) in [5.74, 6) is 0.189. The Bertz CT molecular complexity index is 943. The van der Waals surface area contributed by atoms with Crippen molar-refractivity contribution < 1.29 is 19.1 Å². The van der Waals surface area contributed by atoms with Crippen molar-refractivity contribution in [3.05, 3.63) is 58.6 Å². The first-order valence-corrected chi connectivity index (χ1v) is 10.3. The monoisotopic (exact) mass is 463 g/mol. The molecule has 2 amide bonds. The van der Waals surface area contributed by atoms with E-state index in [0.29, 0.717) is 16.5 Å². The standard InChI is InChI=1S/C22H26ClN3O4S/c1-14-11-16(23)7-10-18(14)30-13-20(28)25-26-21(31)24-19(27)12-29-17-8-5-15(6-9-17)22(2,3)4/h5-11H,12-13H2,1-4H3,(H,25,28)(H2,24,26,27,31). The molecule has 2 aromatic rings. The maximum atomic E-state index is 12.0. The normalized spacial score (nSPS) is 10.7. The minimum absolute atomic E-state index is 0.0386. The fourth-order valence-electron chi connectivity index (χ4n) is 2.47. The van der Waals surface area contributed by atoms with Gasteiger partial charge in [0.05, 0.1) is 0 Å². The Morgan fingerprint density at radius 2 is 1.61 bits per heavy atom. The molecule has 0 spiro atoms. The van der Waals surface area contributed by atoms with Gasteiger partial charge in [0.1, 0.15) is 11.5 Å². The van der Waals surface area contributed by atoms with E-state index in [9.17, 15) is 9.59 Å². The van der Waals surface area contributed by atoms with E-state index in [4.69, 9.17) is 33.3 Å². The number of carbonyl (C=O) groups excluding carboxylic acids is 2. The topological polar surface area (TPSA) is 88.7 Å². The fraction of sp³-hybridized carbons (Fsp3) is 0.318. The molecule has 0 radical (unpaired) electrons. The smallest absolute Gasteiger partial charge is 0.276 e. The van der Waals surface area contributed by atoms with Gasteiger partial charge >= 0.3 is 0 Å². The van der Waals surface area contributed by atoms with Gasteiger partial charge in [-0.3, -0.25) is 25.8 Å². The summed E-state index contributed by atoms with van der Waals surface area (Å²) < 4.78 is 10.9. The highest BCUT2D eigenvalue weighted by atomic mass is 35.5. The lowest BCUT2D eigenvalue weighted by Gasteiger charge is -2.19. The van der Waals surface area contributed by atoms with Gasteiger partial charge in [0.25, 0.3) is 11.8 Å². The number of hydrogen-bond acceptors (Lipinski definition) is 5. The van der Waals surface area contributed by atoms with E-state index in [0.717, 1.165) is 5.56 Å². The molecule has 0 fully saturated rings. The molecule has 0 atom stereocenters. The van der Waals surface area contributed by atoms with E-state index < -0.39 is 11.8 Å². The molecule has 7 nitrogen and oxygen atoms in total. The van der Waals surface area contributed by atoms with Crippen molar-refractivity contribution in [2.75, 3.05) is 13.2 Å². The average molecular weight is 464 g/mol. The Hall–Kier alpha value is -2.84. The second kappa shape index (κ2) is 11.0. The molecule has 31 heavy (non-hydrogen) atoms. The first-order valence-electron chi connectivity index (χ1n) is 9.55. The maximum absolute atomic E-state index is 12.0. The largest absolute Gasteiger partial charge is 0.484 e. The summed E-state index contributed by atoms with van der Waals surface area (Å²) in [5.41, 5.74) is 6.80. The van der Waals surface area contributed by atoms with E-state index in [2.05, 4.69) is 36.9 Å². The number of hydrogen-bond donors (Lipinski definition) is 3. The number of rotatable bonds is 6. The van der Waals surface area contributed by atoms with E-state index in [-0.39, 0.29) is 23.7 Å². The van der Waals surface area contributed by atoms with Crippen LogP contribution in [0.2, 0.25) is 5.02 Å². The van der Waals surface area contributed by atoms with E-state index >= 15 is 0 Å². The molecule has 0 bridgehead atoms. The van der Waals surface area contributed by atoms with Gasteiger partial charge < -0.3 is 9.47 Å². The first kappa shape index (κ1) is 24.4. The Kier molecular flexibility index (Phi) is 8.65. The summed E-state index contributed by atoms with van der Waals surface area (Å²) in [4.78, 5) is 23.8. The van der Waals surface area contributed by atoms with Crippen LogP contribution in [0.3, 0.4) is 0 Å². The maximum Gasteiger partial charge on any atom is 0.276 e. The molecular formula is C22H26ClN3O4S. The molecule has 0 aliphatic rings. The molecule has 2 rings (SSSR count). The van der Waals surface area contributed by atoms with Crippen LogP contribution < -0.4 is 25.6 Å². The Balaban J connectivity index is 1.68. The lowest BCUT2D eigenvalue weighted by Crippen LogP contribution is -2.50. The lowest BCUT2D eigenvalue weighted by atomic mass is 9.87. The van der Waals surface area contributed by atoms with E-state index in [1.165, 1.54) is 5.56 Å². The molecule has 166 valence electrons. The van der Waals surface area contributed by atoms with E-state index in [1.54, 1.807) is 18.2 Å². The zero-order valence-electron chi connectivity index (χ0n) is 17.9. The summed E-state index contributed by atoms with van der Waals surface area (Å²) in [6, 6.07) is 12.6. The summed E-state index contributed by atoms with van der Waals surface area (Å²) in [5, 5.41) is 2.94. The Morgan fingerprint density at radius 3 is 2.23 bits per heavy atom. The van der Waals surface area contributed by atoms with Crippen molar-refractivity contribution in [2.24, 2.45) is 0 Å². The van der Waals surface area contributed by atoms with Crippen LogP contribution in [0.15, 0.2) is 42.5 Å². The molecule has 0 saturated carbocycles. The quantitative estimate of drug-likeness (QED) is 0.449. The Labute approximate surface area is 192 Å². The van der Waals surface area contributed by atoms with E-state index in [1.807, 2.05) is 31.2 Å². The van der Waals surface area contributed by atoms with Crippen molar-refractivity contribution in [3.8, 4) is 11.5 Å². The van der Waals surface area contributed by atoms with Gasteiger partial charge in [-0.25, -0.2) is 0 Å². The number of thiocarbonyl (C=S) groups is 1. The van der Waals surface area contributed by atoms with Crippen LogP contribution in [0.1, 0.15) is 31.9 Å². The number of halogens is 1. The summed E-state index contributed by atoms with van der Waals surface area (Å²) in [6.07, 6.45) is 0. The van der Waals surface area contributed by atoms with Gasteiger partial charge in [-0.1, -0.05) is 44.5 Å². The number of ether oxygens (including phenoxy) is 2. The van der Waals surface area contributed by atoms with Crippen molar-refractivity contribution in [2.45, 2.75) is 33.1 Å². The van der Waals surface area contributed by atoms with Gasteiger partial charge in [-0.05, 0) is 66.0 Å². The van der Waals surface area contributed by atoms with Gasteiger partial charge in [-0.15, -0.1) is 0 Å². The van der Waals surface area contributed by atoms with Crippen LogP contribution in [0, 0.1) is 6.92 Å². The van der Waals surface area contributed by atoms with Crippen LogP contribution in [-0.4, -0.2) is 30.1 Å². The van der Waals surface area contributed by atoms with Crippen LogP contribution in [0.5, 0.6) is 11.5 Å². The highest BCUT2D eigenvalue weighted by molar-refractivity contribution is 7.80. The molecule has 9 heteroatoms. The highest BCUT2D eigenvalue weighted by Gasteiger charge is 2.13. The van der Waals surface area contributed by atoms with Gasteiger partial charge in [0.15, 0.2) is 18.3 Å². The molecule has 0 aliphatic carbocycles. The van der Waals surface area contributed by atoms with Crippen molar-refractivity contribution in [1.82, 2.24) is 16.2 Å². The zero-order chi connectivity index (χ0) is 23.0. The second-order valence-corrected chi connectivity index (χ2v) is 8.66. The van der Waals surface area contributed by atoms with Crippen LogP contribution >= 0.6 is 23.8 Å². The predicted octanol–water partition coefficient (Wildman–Crippen LogP) is 3.43. The third kappa shape index (κ3) is 8.43. The Morgan fingerprint density at radius 1 is 0.968 bits per heavy atom. The molecule has 0 saturated heterocycles. The van der Waals surface area contributed by atoms with Crippen molar-refractivity contribution in [1.29, 1.82) is 0 Å². The number of benzene rings is 2. The SMILES string of the molecule is Cc1cc(Cl)ccc1OCC(=O)NNC(=S)NC(=O)COc1ccc(C(C)(C)C)cc1. The number of aryl methyl sites for hydroxylation is 1. The third-order valence-electron chi connectivity index (χ3n) is 4.15. The minimum Gasteiger partial charge on any atom is -0.484 e. The molecule has 0 unspecified atom stereocenters. The van der Waals surface area contributed by atoms with Crippen LogP contribution in [0.25, 0.3) is 0 Å². The molecule has 2 aromatic carbocycles. The van der Waals surface area contributed by atoms with Gasteiger partial charge in [0.2, 0.25) is 0 Å². The van der Waals surface area contributed by atoms with Crippen LogP contribution in [0.4, 0.5) is 0 Å². The fourth-order valence-corrected chi connectivity index (χ4v) is 2.87. The minimum atomic E-state index is -0.471. The van der Waals surface area contributed by atoms with Gasteiger partial charge in [-0.2, -0.15) is 0 Å². The number of hydrazine groups is 1. The van der Waals surface area contributed by atoms with Crippen molar-refractivity contribution >= 4 is 40.7 Å². The average Bonchev–Trinajstić information content (AvgIpc) is 2.69. The lowest BCUT2D eigenvalue weighted by molar-refractivity contribution is -0.124. The number of carbonyl (C=O) groups is 2.